The molecule has 140 valence electrons. The molecule has 1 amide bonds. The fourth-order valence-electron chi connectivity index (χ4n) is 2.30. The average molecular weight is 423 g/mol. The summed E-state index contributed by atoms with van der Waals surface area (Å²) in [5, 5.41) is 2.59. The molecule has 0 bridgehead atoms. The molecule has 0 aliphatic carbocycles. The molecule has 1 atom stereocenters. The minimum absolute atomic E-state index is 0.0761. The van der Waals surface area contributed by atoms with E-state index in [0.29, 0.717) is 6.07 Å². The first-order valence-corrected chi connectivity index (χ1v) is 9.81. The van der Waals surface area contributed by atoms with Crippen LogP contribution in [0.4, 0.5) is 20.2 Å². The lowest BCUT2D eigenvalue weighted by Crippen LogP contribution is -2.45. The number of nitrogens with zero attached hydrogens (tertiary/aromatic N) is 1. The molecule has 0 spiro atoms. The molecule has 1 N–H and O–H groups in total. The molecule has 2 aromatic rings. The quantitative estimate of drug-likeness (QED) is 0.789. The van der Waals surface area contributed by atoms with Crippen LogP contribution >= 0.6 is 23.2 Å². The zero-order chi connectivity index (χ0) is 19.6. The molecule has 2 aromatic carbocycles. The van der Waals surface area contributed by atoms with Crippen LogP contribution in [0.2, 0.25) is 10.0 Å². The highest BCUT2D eigenvalue weighted by Gasteiger charge is 2.30. The number of hydrogen-bond donors (Lipinski definition) is 1. The van der Waals surface area contributed by atoms with Gasteiger partial charge in [-0.1, -0.05) is 23.2 Å². The van der Waals surface area contributed by atoms with Crippen LogP contribution in [-0.2, 0) is 14.8 Å². The second-order valence-corrected chi connectivity index (χ2v) is 8.21. The molecule has 5 nitrogen and oxygen atoms in total. The van der Waals surface area contributed by atoms with Gasteiger partial charge < -0.3 is 5.32 Å². The largest absolute Gasteiger partial charge is 0.322 e. The smallest absolute Gasteiger partial charge is 0.248 e. The predicted molar refractivity (Wildman–Crippen MR) is 98.2 cm³/mol. The number of halogens is 4. The summed E-state index contributed by atoms with van der Waals surface area (Å²) in [7, 11) is -3.90. The third-order valence-electron chi connectivity index (χ3n) is 3.38. The molecule has 0 heterocycles. The van der Waals surface area contributed by atoms with Gasteiger partial charge in [-0.2, -0.15) is 0 Å². The number of sulfonamides is 1. The van der Waals surface area contributed by atoms with Gasteiger partial charge in [-0.25, -0.2) is 17.2 Å². The third-order valence-corrected chi connectivity index (χ3v) is 5.06. The van der Waals surface area contributed by atoms with Crippen LogP contribution in [0.25, 0.3) is 0 Å². The molecular weight excluding hydrogens is 409 g/mol. The standard InChI is InChI=1S/C16H14Cl2F2N2O3S/c1-9(16(23)21-15-4-3-12(19)8-14(15)20)22(26(2,24)25)13-6-10(17)5-11(18)7-13/h3-9H,1-2H3,(H,21,23)/t9-/m0/s1. The van der Waals surface area contributed by atoms with E-state index in [4.69, 9.17) is 23.2 Å². The molecule has 0 unspecified atom stereocenters. The Morgan fingerprint density at radius 3 is 2.19 bits per heavy atom. The molecular formula is C16H14Cl2F2N2O3S. The number of rotatable bonds is 5. The highest BCUT2D eigenvalue weighted by Crippen LogP contribution is 2.29. The summed E-state index contributed by atoms with van der Waals surface area (Å²) in [5.74, 6) is -2.61. The van der Waals surface area contributed by atoms with E-state index in [0.717, 1.165) is 22.7 Å². The fraction of sp³-hybridized carbons (Fsp3) is 0.188. The van der Waals surface area contributed by atoms with Crippen LogP contribution in [0, 0.1) is 11.6 Å². The first-order chi connectivity index (χ1) is 12.0. The molecule has 0 saturated heterocycles. The second kappa shape index (κ2) is 7.77. The van der Waals surface area contributed by atoms with Crippen LogP contribution in [0.1, 0.15) is 6.92 Å². The SMILES string of the molecule is C[C@@H](C(=O)Nc1ccc(F)cc1F)N(c1cc(Cl)cc(Cl)c1)S(C)(=O)=O. The van der Waals surface area contributed by atoms with E-state index in [2.05, 4.69) is 5.32 Å². The van der Waals surface area contributed by atoms with E-state index >= 15 is 0 Å². The number of amides is 1. The lowest BCUT2D eigenvalue weighted by molar-refractivity contribution is -0.116. The summed E-state index contributed by atoms with van der Waals surface area (Å²) in [4.78, 5) is 12.4. The van der Waals surface area contributed by atoms with Gasteiger partial charge in [0, 0.05) is 16.1 Å². The monoisotopic (exact) mass is 422 g/mol. The van der Waals surface area contributed by atoms with E-state index in [-0.39, 0.29) is 21.4 Å². The van der Waals surface area contributed by atoms with Crippen molar-refractivity contribution in [2.75, 3.05) is 15.9 Å². The van der Waals surface area contributed by atoms with Gasteiger partial charge in [0.25, 0.3) is 0 Å². The van der Waals surface area contributed by atoms with E-state index in [1.165, 1.54) is 25.1 Å². The minimum Gasteiger partial charge on any atom is -0.322 e. The van der Waals surface area contributed by atoms with Crippen molar-refractivity contribution in [1.29, 1.82) is 0 Å². The van der Waals surface area contributed by atoms with Crippen molar-refractivity contribution in [1.82, 2.24) is 0 Å². The maximum atomic E-state index is 13.7. The summed E-state index contributed by atoms with van der Waals surface area (Å²) in [6.07, 6.45) is 0.907. The van der Waals surface area contributed by atoms with Gasteiger partial charge in [0.1, 0.15) is 17.7 Å². The molecule has 10 heteroatoms. The Kier molecular flexibility index (Phi) is 6.10. The predicted octanol–water partition coefficient (Wildman–Crippen LogP) is 4.06. The molecule has 0 fully saturated rings. The molecule has 0 aromatic heterocycles. The number of anilines is 2. The molecule has 26 heavy (non-hydrogen) atoms. The highest BCUT2D eigenvalue weighted by molar-refractivity contribution is 7.92. The van der Waals surface area contributed by atoms with Gasteiger partial charge in [-0.15, -0.1) is 0 Å². The topological polar surface area (TPSA) is 66.5 Å². The van der Waals surface area contributed by atoms with Crippen molar-refractivity contribution in [2.24, 2.45) is 0 Å². The Morgan fingerprint density at radius 2 is 1.69 bits per heavy atom. The number of benzene rings is 2. The first kappa shape index (κ1) is 20.4. The molecule has 0 saturated carbocycles. The van der Waals surface area contributed by atoms with Gasteiger partial charge in [0.2, 0.25) is 15.9 Å². The van der Waals surface area contributed by atoms with Gasteiger partial charge in [0.15, 0.2) is 0 Å². The second-order valence-electron chi connectivity index (χ2n) is 5.48. The summed E-state index contributed by atoms with van der Waals surface area (Å²) in [5.41, 5.74) is -0.201. The van der Waals surface area contributed by atoms with Crippen molar-refractivity contribution in [2.45, 2.75) is 13.0 Å². The number of hydrogen-bond acceptors (Lipinski definition) is 3. The number of nitrogens with one attached hydrogen (secondary N) is 1. The van der Waals surface area contributed by atoms with Crippen LogP contribution in [0.15, 0.2) is 36.4 Å². The Hall–Kier alpha value is -1.90. The Bertz CT molecular complexity index is 934. The summed E-state index contributed by atoms with van der Waals surface area (Å²) < 4.78 is 51.9. The van der Waals surface area contributed by atoms with Crippen LogP contribution in [0.5, 0.6) is 0 Å². The lowest BCUT2D eigenvalue weighted by Gasteiger charge is -2.28. The van der Waals surface area contributed by atoms with Crippen molar-refractivity contribution in [3.63, 3.8) is 0 Å². The summed E-state index contributed by atoms with van der Waals surface area (Å²) in [6, 6.07) is 5.42. The zero-order valence-corrected chi connectivity index (χ0v) is 16.0. The highest BCUT2D eigenvalue weighted by atomic mass is 35.5. The van der Waals surface area contributed by atoms with Crippen molar-refractivity contribution in [3.8, 4) is 0 Å². The molecule has 0 aliphatic heterocycles. The molecule has 0 aliphatic rings. The minimum atomic E-state index is -3.90. The van der Waals surface area contributed by atoms with Gasteiger partial charge >= 0.3 is 0 Å². The van der Waals surface area contributed by atoms with Crippen molar-refractivity contribution >= 4 is 50.5 Å². The summed E-state index contributed by atoms with van der Waals surface area (Å²) >= 11 is 11.8. The maximum Gasteiger partial charge on any atom is 0.248 e. The Labute approximate surface area is 159 Å². The van der Waals surface area contributed by atoms with Gasteiger partial charge in [-0.3, -0.25) is 9.10 Å². The van der Waals surface area contributed by atoms with Crippen LogP contribution < -0.4 is 9.62 Å². The lowest BCUT2D eigenvalue weighted by atomic mass is 10.2. The normalized spacial score (nSPS) is 12.5. The van der Waals surface area contributed by atoms with Gasteiger partial charge in [0.05, 0.1) is 17.6 Å². The number of carbonyl (C=O) groups is 1. The average Bonchev–Trinajstić information content (AvgIpc) is 2.47. The molecule has 2 rings (SSSR count). The Balaban J connectivity index is 2.37. The summed E-state index contributed by atoms with van der Waals surface area (Å²) in [6.45, 7) is 1.31. The van der Waals surface area contributed by atoms with E-state index in [1.807, 2.05) is 0 Å². The molecule has 0 radical (unpaired) electrons. The van der Waals surface area contributed by atoms with Crippen molar-refractivity contribution in [3.05, 3.63) is 58.1 Å². The van der Waals surface area contributed by atoms with Gasteiger partial charge in [-0.05, 0) is 37.3 Å². The fourth-order valence-corrected chi connectivity index (χ4v) is 3.98. The van der Waals surface area contributed by atoms with E-state index in [1.54, 1.807) is 0 Å². The van der Waals surface area contributed by atoms with E-state index < -0.39 is 33.6 Å². The van der Waals surface area contributed by atoms with E-state index in [9.17, 15) is 22.0 Å². The third kappa shape index (κ3) is 4.84. The van der Waals surface area contributed by atoms with Crippen LogP contribution in [0.3, 0.4) is 0 Å². The first-order valence-electron chi connectivity index (χ1n) is 7.20. The zero-order valence-electron chi connectivity index (χ0n) is 13.6. The van der Waals surface area contributed by atoms with Crippen molar-refractivity contribution < 1.29 is 22.0 Å². The van der Waals surface area contributed by atoms with Crippen LogP contribution in [-0.4, -0.2) is 26.6 Å². The maximum absolute atomic E-state index is 13.7. The Morgan fingerprint density at radius 1 is 1.12 bits per heavy atom. The number of carbonyl (C=O) groups excluding carboxylic acids is 1.